The zero-order chi connectivity index (χ0) is 17.3. The number of alkyl halides is 3. The summed E-state index contributed by atoms with van der Waals surface area (Å²) in [6, 6.07) is 9.92. The van der Waals surface area contributed by atoms with Gasteiger partial charge in [-0.05, 0) is 36.2 Å². The molecule has 0 amide bonds. The highest BCUT2D eigenvalue weighted by Gasteiger charge is 2.35. The molecule has 3 rings (SSSR count). The Morgan fingerprint density at radius 3 is 2.67 bits per heavy atom. The molecule has 2 heterocycles. The highest BCUT2D eigenvalue weighted by molar-refractivity contribution is 5.47. The van der Waals surface area contributed by atoms with E-state index in [9.17, 15) is 18.3 Å². The monoisotopic (exact) mass is 333 g/mol. The number of pyridine rings is 1. The van der Waals surface area contributed by atoms with Gasteiger partial charge in [-0.1, -0.05) is 12.1 Å². The molecular weight excluding hydrogens is 319 g/mol. The summed E-state index contributed by atoms with van der Waals surface area (Å²) < 4.78 is 38.8. The van der Waals surface area contributed by atoms with Crippen LogP contribution in [0.5, 0.6) is 0 Å². The molecule has 0 radical (unpaired) electrons. The van der Waals surface area contributed by atoms with Crippen LogP contribution in [0.25, 0.3) is 0 Å². The molecule has 0 saturated carbocycles. The van der Waals surface area contributed by atoms with Gasteiger partial charge in [0.25, 0.3) is 0 Å². The lowest BCUT2D eigenvalue weighted by Crippen LogP contribution is -2.25. The van der Waals surface area contributed by atoms with Gasteiger partial charge in [-0.3, -0.25) is 0 Å². The molecule has 1 saturated heterocycles. The number of aliphatic hydroxyl groups is 1. The zero-order valence-corrected chi connectivity index (χ0v) is 12.5. The Bertz CT molecular complexity index is 768. The molecule has 2 atom stereocenters. The third-order valence-electron chi connectivity index (χ3n) is 4.05. The summed E-state index contributed by atoms with van der Waals surface area (Å²) in [5, 5.41) is 18.8. The van der Waals surface area contributed by atoms with Crippen LogP contribution in [-0.4, -0.2) is 22.7 Å². The number of rotatable bonds is 2. The highest BCUT2D eigenvalue weighted by Crippen LogP contribution is 2.38. The standard InChI is InChI=1S/C17H14F3N3O/c18-17(19,20)13-3-1-2-12(6-13)15-7-14(24)10-23(15)16-5-4-11(8-21)9-22-16/h1-6,9,14-15,24H,7,10H2/t14-,15-/m0/s1. The van der Waals surface area contributed by atoms with Crippen molar-refractivity contribution in [2.45, 2.75) is 24.7 Å². The molecule has 4 nitrogen and oxygen atoms in total. The number of hydrogen-bond acceptors (Lipinski definition) is 4. The van der Waals surface area contributed by atoms with Crippen LogP contribution in [0.4, 0.5) is 19.0 Å². The van der Waals surface area contributed by atoms with Gasteiger partial charge in [0.1, 0.15) is 11.9 Å². The van der Waals surface area contributed by atoms with Gasteiger partial charge >= 0.3 is 6.18 Å². The Labute approximate surface area is 136 Å². The molecule has 0 unspecified atom stereocenters. The third kappa shape index (κ3) is 3.19. The van der Waals surface area contributed by atoms with Gasteiger partial charge in [-0.25, -0.2) is 4.98 Å². The summed E-state index contributed by atoms with van der Waals surface area (Å²) in [4.78, 5) is 5.95. The summed E-state index contributed by atoms with van der Waals surface area (Å²) in [6.07, 6.45) is -3.33. The fourth-order valence-corrected chi connectivity index (χ4v) is 2.93. The van der Waals surface area contributed by atoms with Crippen LogP contribution >= 0.6 is 0 Å². The maximum absolute atomic E-state index is 12.9. The molecule has 1 aliphatic rings. The molecule has 1 aromatic heterocycles. The smallest absolute Gasteiger partial charge is 0.391 e. The van der Waals surface area contributed by atoms with E-state index in [0.717, 1.165) is 12.1 Å². The molecule has 124 valence electrons. The van der Waals surface area contributed by atoms with Crippen LogP contribution in [0, 0.1) is 11.3 Å². The first-order valence-electron chi connectivity index (χ1n) is 7.36. The van der Waals surface area contributed by atoms with Crippen LogP contribution in [0.15, 0.2) is 42.6 Å². The molecule has 1 N–H and O–H groups in total. The second-order valence-corrected chi connectivity index (χ2v) is 5.70. The van der Waals surface area contributed by atoms with Crippen LogP contribution < -0.4 is 4.90 Å². The molecule has 0 aliphatic carbocycles. The summed E-state index contributed by atoms with van der Waals surface area (Å²) in [7, 11) is 0. The summed E-state index contributed by atoms with van der Waals surface area (Å²) in [6.45, 7) is 0.278. The Morgan fingerprint density at radius 1 is 1.25 bits per heavy atom. The quantitative estimate of drug-likeness (QED) is 0.916. The van der Waals surface area contributed by atoms with E-state index in [0.29, 0.717) is 23.4 Å². The maximum Gasteiger partial charge on any atom is 0.416 e. The Kier molecular flexibility index (Phi) is 4.16. The Morgan fingerprint density at radius 2 is 2.04 bits per heavy atom. The molecule has 0 bridgehead atoms. The van der Waals surface area contributed by atoms with Gasteiger partial charge in [0, 0.05) is 12.7 Å². The number of benzene rings is 1. The Hall–Kier alpha value is -2.59. The molecule has 1 aromatic carbocycles. The second kappa shape index (κ2) is 6.13. The first-order chi connectivity index (χ1) is 11.4. The van der Waals surface area contributed by atoms with E-state index in [4.69, 9.17) is 5.26 Å². The van der Waals surface area contributed by atoms with Crippen molar-refractivity contribution in [1.82, 2.24) is 4.98 Å². The molecule has 24 heavy (non-hydrogen) atoms. The van der Waals surface area contributed by atoms with Crippen molar-refractivity contribution >= 4 is 5.82 Å². The SMILES string of the molecule is N#Cc1ccc(N2C[C@@H](O)C[C@H]2c2cccc(C(F)(F)F)c2)nc1. The molecule has 0 spiro atoms. The van der Waals surface area contributed by atoms with Gasteiger partial charge < -0.3 is 10.0 Å². The van der Waals surface area contributed by atoms with Crippen molar-refractivity contribution in [3.05, 3.63) is 59.3 Å². The maximum atomic E-state index is 12.9. The average Bonchev–Trinajstić information content (AvgIpc) is 2.96. The number of aromatic nitrogens is 1. The summed E-state index contributed by atoms with van der Waals surface area (Å²) in [5.74, 6) is 0.521. The van der Waals surface area contributed by atoms with Crippen LogP contribution in [0.3, 0.4) is 0 Å². The minimum absolute atomic E-state index is 0.278. The van der Waals surface area contributed by atoms with Crippen LogP contribution in [0.1, 0.15) is 29.2 Å². The average molecular weight is 333 g/mol. The first kappa shape index (κ1) is 16.3. The third-order valence-corrected chi connectivity index (χ3v) is 4.05. The largest absolute Gasteiger partial charge is 0.416 e. The van der Waals surface area contributed by atoms with E-state index in [1.54, 1.807) is 23.1 Å². The predicted octanol–water partition coefficient (Wildman–Crippen LogP) is 3.28. The van der Waals surface area contributed by atoms with Crippen molar-refractivity contribution in [3.63, 3.8) is 0 Å². The van der Waals surface area contributed by atoms with Gasteiger partial charge in [-0.15, -0.1) is 0 Å². The number of β-amino-alcohol motifs (C(OH)–C–C–N with tert-alkyl or cyclic N) is 1. The Balaban J connectivity index is 1.95. The molecule has 1 fully saturated rings. The normalized spacial score (nSPS) is 20.9. The molecule has 2 aromatic rings. The predicted molar refractivity (Wildman–Crippen MR) is 81.1 cm³/mol. The van der Waals surface area contributed by atoms with E-state index < -0.39 is 23.9 Å². The van der Waals surface area contributed by atoms with E-state index in [1.165, 1.54) is 12.3 Å². The minimum Gasteiger partial charge on any atom is -0.391 e. The van der Waals surface area contributed by atoms with Crippen molar-refractivity contribution in [2.75, 3.05) is 11.4 Å². The second-order valence-electron chi connectivity index (χ2n) is 5.70. The van der Waals surface area contributed by atoms with E-state index in [2.05, 4.69) is 4.98 Å². The number of nitrogens with zero attached hydrogens (tertiary/aromatic N) is 3. The van der Waals surface area contributed by atoms with Crippen molar-refractivity contribution in [1.29, 1.82) is 5.26 Å². The number of anilines is 1. The lowest BCUT2D eigenvalue weighted by Gasteiger charge is -2.26. The van der Waals surface area contributed by atoms with Crippen molar-refractivity contribution < 1.29 is 18.3 Å². The van der Waals surface area contributed by atoms with Crippen LogP contribution in [-0.2, 0) is 6.18 Å². The lowest BCUT2D eigenvalue weighted by atomic mass is 10.0. The molecule has 1 aliphatic heterocycles. The number of aliphatic hydroxyl groups excluding tert-OH is 1. The number of halogens is 3. The van der Waals surface area contributed by atoms with Crippen LogP contribution in [0.2, 0.25) is 0 Å². The molecular formula is C17H14F3N3O. The topological polar surface area (TPSA) is 60.2 Å². The number of nitriles is 1. The first-order valence-corrected chi connectivity index (χ1v) is 7.36. The highest BCUT2D eigenvalue weighted by atomic mass is 19.4. The van der Waals surface area contributed by atoms with Crippen molar-refractivity contribution in [3.8, 4) is 6.07 Å². The van der Waals surface area contributed by atoms with E-state index in [1.807, 2.05) is 6.07 Å². The van der Waals surface area contributed by atoms with Gasteiger partial charge in [0.15, 0.2) is 0 Å². The fraction of sp³-hybridized carbons (Fsp3) is 0.294. The summed E-state index contributed by atoms with van der Waals surface area (Å²) in [5.41, 5.74) is 0.163. The van der Waals surface area contributed by atoms with Crippen molar-refractivity contribution in [2.24, 2.45) is 0 Å². The van der Waals surface area contributed by atoms with Gasteiger partial charge in [0.05, 0.1) is 23.3 Å². The molecule has 7 heteroatoms. The minimum atomic E-state index is -4.41. The fourth-order valence-electron chi connectivity index (χ4n) is 2.93. The lowest BCUT2D eigenvalue weighted by molar-refractivity contribution is -0.137. The van der Waals surface area contributed by atoms with E-state index in [-0.39, 0.29) is 6.54 Å². The van der Waals surface area contributed by atoms with Gasteiger partial charge in [0.2, 0.25) is 0 Å². The summed E-state index contributed by atoms with van der Waals surface area (Å²) >= 11 is 0. The number of hydrogen-bond donors (Lipinski definition) is 1. The zero-order valence-electron chi connectivity index (χ0n) is 12.5. The van der Waals surface area contributed by atoms with Gasteiger partial charge in [-0.2, -0.15) is 18.4 Å². The van der Waals surface area contributed by atoms with E-state index >= 15 is 0 Å².